The number of para-hydroxylation sites is 1. The van der Waals surface area contributed by atoms with Gasteiger partial charge in [0.1, 0.15) is 5.84 Å². The molecule has 0 saturated carbocycles. The zero-order valence-corrected chi connectivity index (χ0v) is 11.9. The Kier molecular flexibility index (Phi) is 4.20. The summed E-state index contributed by atoms with van der Waals surface area (Å²) in [6.07, 6.45) is 2.86. The zero-order chi connectivity index (χ0) is 13.8. The van der Waals surface area contributed by atoms with Crippen LogP contribution < -0.4 is 5.32 Å². The lowest BCUT2D eigenvalue weighted by molar-refractivity contribution is 0.259. The molecule has 0 radical (unpaired) electrons. The van der Waals surface area contributed by atoms with Gasteiger partial charge in [-0.15, -0.1) is 0 Å². The number of amides is 2. The number of aliphatic imine (C=N–C) groups is 1. The number of likely N-dealkylation sites (tertiary alicyclic amines) is 1. The molecule has 1 aliphatic rings. The van der Waals surface area contributed by atoms with Gasteiger partial charge in [0.05, 0.1) is 0 Å². The molecule has 19 heavy (non-hydrogen) atoms. The van der Waals surface area contributed by atoms with Crippen LogP contribution in [-0.4, -0.2) is 30.4 Å². The number of anilines is 1. The Morgan fingerprint density at radius 3 is 2.89 bits per heavy atom. The van der Waals surface area contributed by atoms with Crippen LogP contribution in [0.3, 0.4) is 0 Å². The van der Waals surface area contributed by atoms with Gasteiger partial charge in [-0.25, -0.2) is 4.79 Å². The molecule has 0 bridgehead atoms. The fourth-order valence-electron chi connectivity index (χ4n) is 2.39. The van der Waals surface area contributed by atoms with Crippen molar-refractivity contribution in [1.82, 2.24) is 4.90 Å². The molecule has 1 saturated heterocycles. The predicted molar refractivity (Wildman–Crippen MR) is 78.9 cm³/mol. The summed E-state index contributed by atoms with van der Waals surface area (Å²) in [4.78, 5) is 18.2. The first kappa shape index (κ1) is 13.6. The van der Waals surface area contributed by atoms with Gasteiger partial charge < -0.3 is 10.2 Å². The summed E-state index contributed by atoms with van der Waals surface area (Å²) >= 11 is 0. The molecule has 0 aliphatic carbocycles. The maximum absolute atomic E-state index is 12.0. The van der Waals surface area contributed by atoms with Crippen molar-refractivity contribution in [3.05, 3.63) is 29.3 Å². The summed E-state index contributed by atoms with van der Waals surface area (Å²) in [6, 6.07) is 5.79. The standard InChI is InChI=1S/C15H21N3O/c1-4-12-8-5-7-11(2)14(12)17-15(19)16-13-9-6-10-18(13)3/h5,7-8H,4,6,9-10H2,1-3H3,(H,17,19)/b16-13-. The summed E-state index contributed by atoms with van der Waals surface area (Å²) < 4.78 is 0. The fraction of sp³-hybridized carbons (Fsp3) is 0.467. The van der Waals surface area contributed by atoms with Crippen molar-refractivity contribution >= 4 is 17.6 Å². The van der Waals surface area contributed by atoms with E-state index < -0.39 is 0 Å². The third-order valence-corrected chi connectivity index (χ3v) is 3.54. The van der Waals surface area contributed by atoms with E-state index in [9.17, 15) is 4.79 Å². The second kappa shape index (κ2) is 5.87. The quantitative estimate of drug-likeness (QED) is 0.886. The highest BCUT2D eigenvalue weighted by molar-refractivity contribution is 6.01. The second-order valence-corrected chi connectivity index (χ2v) is 4.95. The van der Waals surface area contributed by atoms with Crippen LogP contribution in [0.15, 0.2) is 23.2 Å². The molecule has 1 fully saturated rings. The zero-order valence-electron chi connectivity index (χ0n) is 11.9. The van der Waals surface area contributed by atoms with E-state index in [1.54, 1.807) is 0 Å². The molecule has 1 heterocycles. The van der Waals surface area contributed by atoms with Gasteiger partial charge in [-0.2, -0.15) is 4.99 Å². The molecule has 4 nitrogen and oxygen atoms in total. The van der Waals surface area contributed by atoms with Gasteiger partial charge >= 0.3 is 6.03 Å². The second-order valence-electron chi connectivity index (χ2n) is 4.95. The third kappa shape index (κ3) is 3.13. The summed E-state index contributed by atoms with van der Waals surface area (Å²) in [5.74, 6) is 0.879. The van der Waals surface area contributed by atoms with Crippen molar-refractivity contribution in [2.24, 2.45) is 4.99 Å². The maximum Gasteiger partial charge on any atom is 0.347 e. The number of carbonyl (C=O) groups excluding carboxylic acids is 1. The lowest BCUT2D eigenvalue weighted by Crippen LogP contribution is -2.22. The van der Waals surface area contributed by atoms with E-state index >= 15 is 0 Å². The number of amidine groups is 1. The number of carbonyl (C=O) groups is 1. The van der Waals surface area contributed by atoms with Crippen molar-refractivity contribution in [3.8, 4) is 0 Å². The van der Waals surface area contributed by atoms with Gasteiger partial charge in [-0.1, -0.05) is 25.1 Å². The molecule has 0 aromatic heterocycles. The summed E-state index contributed by atoms with van der Waals surface area (Å²) in [7, 11) is 1.98. The SMILES string of the molecule is CCc1cccc(C)c1NC(=O)/N=C1/CCCN1C. The molecule has 2 rings (SSSR count). The number of nitrogens with zero attached hydrogens (tertiary/aromatic N) is 2. The molecular formula is C15H21N3O. The summed E-state index contributed by atoms with van der Waals surface area (Å²) in [6.45, 7) is 5.07. The van der Waals surface area contributed by atoms with Crippen LogP contribution in [0.2, 0.25) is 0 Å². The maximum atomic E-state index is 12.0. The van der Waals surface area contributed by atoms with E-state index in [1.807, 2.05) is 37.1 Å². The van der Waals surface area contributed by atoms with E-state index in [-0.39, 0.29) is 6.03 Å². The summed E-state index contributed by atoms with van der Waals surface area (Å²) in [5, 5.41) is 2.92. The first-order chi connectivity index (χ1) is 9.11. The molecule has 102 valence electrons. The molecule has 0 unspecified atom stereocenters. The number of hydrogen-bond acceptors (Lipinski definition) is 1. The molecular weight excluding hydrogens is 238 g/mol. The van der Waals surface area contributed by atoms with E-state index in [2.05, 4.69) is 17.2 Å². The smallest absolute Gasteiger partial charge is 0.347 e. The van der Waals surface area contributed by atoms with E-state index in [4.69, 9.17) is 0 Å². The largest absolute Gasteiger partial charge is 0.363 e. The lowest BCUT2D eigenvalue weighted by atomic mass is 10.1. The first-order valence-electron chi connectivity index (χ1n) is 6.80. The number of hydrogen-bond donors (Lipinski definition) is 1. The minimum Gasteiger partial charge on any atom is -0.363 e. The molecule has 1 aromatic carbocycles. The van der Waals surface area contributed by atoms with Crippen LogP contribution in [-0.2, 0) is 6.42 Å². The van der Waals surface area contributed by atoms with Gasteiger partial charge in [0.2, 0.25) is 0 Å². The van der Waals surface area contributed by atoms with Crippen LogP contribution in [0.4, 0.5) is 10.5 Å². The Bertz CT molecular complexity index is 508. The van der Waals surface area contributed by atoms with Crippen LogP contribution in [0.25, 0.3) is 0 Å². The minimum atomic E-state index is -0.271. The van der Waals surface area contributed by atoms with Crippen molar-refractivity contribution in [2.45, 2.75) is 33.1 Å². The lowest BCUT2D eigenvalue weighted by Gasteiger charge is -2.13. The average Bonchev–Trinajstić information content (AvgIpc) is 2.77. The predicted octanol–water partition coefficient (Wildman–Crippen LogP) is 3.21. The highest BCUT2D eigenvalue weighted by atomic mass is 16.2. The number of aryl methyl sites for hydroxylation is 2. The summed E-state index contributed by atoms with van der Waals surface area (Å²) in [5.41, 5.74) is 3.13. The number of nitrogens with one attached hydrogen (secondary N) is 1. The van der Waals surface area contributed by atoms with Crippen molar-refractivity contribution < 1.29 is 4.79 Å². The van der Waals surface area contributed by atoms with Crippen LogP contribution in [0, 0.1) is 6.92 Å². The number of benzene rings is 1. The van der Waals surface area contributed by atoms with Crippen molar-refractivity contribution in [1.29, 1.82) is 0 Å². The van der Waals surface area contributed by atoms with E-state index in [1.165, 1.54) is 0 Å². The van der Waals surface area contributed by atoms with Gasteiger partial charge in [-0.3, -0.25) is 0 Å². The molecule has 2 amide bonds. The molecule has 1 N–H and O–H groups in total. The van der Waals surface area contributed by atoms with Crippen molar-refractivity contribution in [3.63, 3.8) is 0 Å². The van der Waals surface area contributed by atoms with Crippen LogP contribution >= 0.6 is 0 Å². The van der Waals surface area contributed by atoms with Crippen molar-refractivity contribution in [2.75, 3.05) is 18.9 Å². The molecule has 0 spiro atoms. The van der Waals surface area contributed by atoms with Gasteiger partial charge in [0.15, 0.2) is 0 Å². The fourth-order valence-corrected chi connectivity index (χ4v) is 2.39. The Morgan fingerprint density at radius 1 is 1.47 bits per heavy atom. The van der Waals surface area contributed by atoms with Gasteiger partial charge in [0, 0.05) is 25.7 Å². The Balaban J connectivity index is 2.15. The van der Waals surface area contributed by atoms with Crippen LogP contribution in [0.5, 0.6) is 0 Å². The molecule has 4 heteroatoms. The number of urea groups is 1. The van der Waals surface area contributed by atoms with E-state index in [0.717, 1.165) is 48.5 Å². The highest BCUT2D eigenvalue weighted by Gasteiger charge is 2.16. The van der Waals surface area contributed by atoms with E-state index in [0.29, 0.717) is 0 Å². The monoisotopic (exact) mass is 259 g/mol. The Labute approximate surface area is 114 Å². The minimum absolute atomic E-state index is 0.271. The van der Waals surface area contributed by atoms with Gasteiger partial charge in [0.25, 0.3) is 0 Å². The molecule has 1 aromatic rings. The molecule has 1 aliphatic heterocycles. The van der Waals surface area contributed by atoms with Gasteiger partial charge in [-0.05, 0) is 30.9 Å². The topological polar surface area (TPSA) is 44.7 Å². The number of rotatable bonds is 2. The first-order valence-corrected chi connectivity index (χ1v) is 6.80. The normalized spacial score (nSPS) is 17.0. The van der Waals surface area contributed by atoms with Crippen LogP contribution in [0.1, 0.15) is 30.9 Å². The molecule has 0 atom stereocenters. The highest BCUT2D eigenvalue weighted by Crippen LogP contribution is 2.21. The average molecular weight is 259 g/mol. The Morgan fingerprint density at radius 2 is 2.26 bits per heavy atom. The third-order valence-electron chi connectivity index (χ3n) is 3.54. The Hall–Kier alpha value is -1.84.